The Bertz CT molecular complexity index is 585. The third kappa shape index (κ3) is 2.98. The number of aromatic nitrogens is 5. The Kier molecular flexibility index (Phi) is 3.64. The van der Waals surface area contributed by atoms with Crippen LogP contribution in [0.2, 0.25) is 0 Å². The van der Waals surface area contributed by atoms with Gasteiger partial charge in [0.1, 0.15) is 24.3 Å². The maximum Gasteiger partial charge on any atom is 0.339 e. The zero-order valence-electron chi connectivity index (χ0n) is 11.2. The molecule has 0 aliphatic heterocycles. The van der Waals surface area contributed by atoms with E-state index in [-0.39, 0.29) is 5.56 Å². The molecule has 2 aromatic heterocycles. The van der Waals surface area contributed by atoms with Crippen LogP contribution in [0.1, 0.15) is 35.7 Å². The zero-order valence-corrected chi connectivity index (χ0v) is 11.2. The van der Waals surface area contributed by atoms with Gasteiger partial charge in [-0.3, -0.25) is 4.68 Å². The maximum atomic E-state index is 11.0. The Morgan fingerprint density at radius 1 is 1.47 bits per heavy atom. The van der Waals surface area contributed by atoms with E-state index < -0.39 is 5.97 Å². The smallest absolute Gasteiger partial charge is 0.339 e. The standard InChI is InChI=1S/C12H17N5O2/c1-8(2)4-17-11(13-7-14-17)6-16-5-10(12(18)19)9(3)15-16/h5,7-8H,4,6H2,1-3H3,(H,18,19). The lowest BCUT2D eigenvalue weighted by Gasteiger charge is -2.08. The van der Waals surface area contributed by atoms with Gasteiger partial charge in [-0.2, -0.15) is 10.2 Å². The minimum absolute atomic E-state index is 0.218. The van der Waals surface area contributed by atoms with Crippen molar-refractivity contribution < 1.29 is 9.90 Å². The van der Waals surface area contributed by atoms with Crippen LogP contribution in [0, 0.1) is 12.8 Å². The largest absolute Gasteiger partial charge is 0.478 e. The number of rotatable bonds is 5. The first-order valence-corrected chi connectivity index (χ1v) is 6.11. The molecule has 2 aromatic rings. The molecule has 102 valence electrons. The van der Waals surface area contributed by atoms with E-state index in [1.165, 1.54) is 12.5 Å². The van der Waals surface area contributed by atoms with Crippen molar-refractivity contribution in [3.05, 3.63) is 29.6 Å². The van der Waals surface area contributed by atoms with E-state index in [1.54, 1.807) is 11.6 Å². The molecule has 0 fully saturated rings. The van der Waals surface area contributed by atoms with Gasteiger partial charge in [-0.1, -0.05) is 13.8 Å². The van der Waals surface area contributed by atoms with Crippen molar-refractivity contribution >= 4 is 5.97 Å². The zero-order chi connectivity index (χ0) is 14.0. The summed E-state index contributed by atoms with van der Waals surface area (Å²) in [4.78, 5) is 15.2. The van der Waals surface area contributed by atoms with Crippen LogP contribution in [0.3, 0.4) is 0 Å². The summed E-state index contributed by atoms with van der Waals surface area (Å²) in [6.45, 7) is 7.08. The second-order valence-corrected chi connectivity index (χ2v) is 4.88. The Morgan fingerprint density at radius 2 is 2.21 bits per heavy atom. The van der Waals surface area contributed by atoms with Gasteiger partial charge in [-0.05, 0) is 12.8 Å². The minimum Gasteiger partial charge on any atom is -0.478 e. The van der Waals surface area contributed by atoms with Gasteiger partial charge < -0.3 is 5.11 Å². The van der Waals surface area contributed by atoms with E-state index in [0.717, 1.165) is 12.4 Å². The summed E-state index contributed by atoms with van der Waals surface area (Å²) in [5.41, 5.74) is 0.720. The van der Waals surface area contributed by atoms with Crippen LogP contribution in [0.25, 0.3) is 0 Å². The van der Waals surface area contributed by atoms with Crippen LogP contribution in [-0.2, 0) is 13.1 Å². The van der Waals surface area contributed by atoms with Crippen LogP contribution in [0.4, 0.5) is 0 Å². The van der Waals surface area contributed by atoms with Gasteiger partial charge in [0.05, 0.1) is 5.69 Å². The summed E-state index contributed by atoms with van der Waals surface area (Å²) in [5.74, 6) is 0.273. The van der Waals surface area contributed by atoms with Crippen LogP contribution in [0.5, 0.6) is 0 Å². The van der Waals surface area contributed by atoms with Crippen LogP contribution < -0.4 is 0 Å². The Balaban J connectivity index is 2.19. The lowest BCUT2D eigenvalue weighted by molar-refractivity contribution is 0.0696. The normalized spacial score (nSPS) is 11.2. The van der Waals surface area contributed by atoms with Gasteiger partial charge in [0.2, 0.25) is 0 Å². The number of carboxylic acid groups (broad SMARTS) is 1. The van der Waals surface area contributed by atoms with E-state index in [2.05, 4.69) is 29.0 Å². The number of nitrogens with zero attached hydrogens (tertiary/aromatic N) is 5. The fraction of sp³-hybridized carbons (Fsp3) is 0.500. The maximum absolute atomic E-state index is 11.0. The SMILES string of the molecule is Cc1nn(Cc2ncnn2CC(C)C)cc1C(=O)O. The molecule has 0 bridgehead atoms. The highest BCUT2D eigenvalue weighted by Crippen LogP contribution is 2.08. The van der Waals surface area contributed by atoms with E-state index in [0.29, 0.717) is 18.2 Å². The van der Waals surface area contributed by atoms with E-state index in [4.69, 9.17) is 5.11 Å². The summed E-state index contributed by atoms with van der Waals surface area (Å²) in [6, 6.07) is 0. The molecule has 0 radical (unpaired) electrons. The second-order valence-electron chi connectivity index (χ2n) is 4.88. The summed E-state index contributed by atoms with van der Waals surface area (Å²) in [7, 11) is 0. The first-order chi connectivity index (χ1) is 8.97. The van der Waals surface area contributed by atoms with E-state index in [1.807, 2.05) is 4.68 Å². The summed E-state index contributed by atoms with van der Waals surface area (Å²) in [6.07, 6.45) is 3.03. The fourth-order valence-electron chi connectivity index (χ4n) is 1.86. The molecule has 0 aliphatic carbocycles. The first-order valence-electron chi connectivity index (χ1n) is 6.11. The predicted molar refractivity (Wildman–Crippen MR) is 67.9 cm³/mol. The topological polar surface area (TPSA) is 85.8 Å². The highest BCUT2D eigenvalue weighted by Gasteiger charge is 2.13. The third-order valence-electron chi connectivity index (χ3n) is 2.71. The molecular formula is C12H17N5O2. The average Bonchev–Trinajstić information content (AvgIpc) is 2.86. The molecule has 2 heterocycles. The van der Waals surface area contributed by atoms with Gasteiger partial charge in [0.25, 0.3) is 0 Å². The number of carbonyl (C=O) groups is 1. The number of hydrogen-bond donors (Lipinski definition) is 1. The monoisotopic (exact) mass is 263 g/mol. The molecule has 0 atom stereocenters. The molecule has 7 heteroatoms. The highest BCUT2D eigenvalue weighted by atomic mass is 16.4. The average molecular weight is 263 g/mol. The van der Waals surface area contributed by atoms with Gasteiger partial charge in [0, 0.05) is 12.7 Å². The Hall–Kier alpha value is -2.18. The Labute approximate surface area is 110 Å². The summed E-state index contributed by atoms with van der Waals surface area (Å²) < 4.78 is 3.40. The summed E-state index contributed by atoms with van der Waals surface area (Å²) >= 11 is 0. The van der Waals surface area contributed by atoms with Crippen LogP contribution in [0.15, 0.2) is 12.5 Å². The van der Waals surface area contributed by atoms with Crippen molar-refractivity contribution in [3.8, 4) is 0 Å². The number of aromatic carboxylic acids is 1. The predicted octanol–water partition coefficient (Wildman–Crippen LogP) is 1.19. The van der Waals surface area contributed by atoms with Crippen LogP contribution >= 0.6 is 0 Å². The van der Waals surface area contributed by atoms with Crippen molar-refractivity contribution in [1.82, 2.24) is 24.5 Å². The Morgan fingerprint density at radius 3 is 2.79 bits per heavy atom. The van der Waals surface area contributed by atoms with Gasteiger partial charge in [-0.25, -0.2) is 14.5 Å². The van der Waals surface area contributed by atoms with Gasteiger partial charge in [0.15, 0.2) is 0 Å². The number of aryl methyl sites for hydroxylation is 1. The van der Waals surface area contributed by atoms with Crippen molar-refractivity contribution in [2.75, 3.05) is 0 Å². The van der Waals surface area contributed by atoms with Crippen molar-refractivity contribution in [1.29, 1.82) is 0 Å². The molecule has 2 rings (SSSR count). The second kappa shape index (κ2) is 5.21. The molecule has 0 spiro atoms. The lowest BCUT2D eigenvalue weighted by Crippen LogP contribution is -2.13. The molecule has 0 unspecified atom stereocenters. The molecule has 7 nitrogen and oxygen atoms in total. The highest BCUT2D eigenvalue weighted by molar-refractivity contribution is 5.88. The molecule has 0 aliphatic rings. The number of carboxylic acids is 1. The van der Waals surface area contributed by atoms with E-state index in [9.17, 15) is 4.79 Å². The molecule has 0 saturated carbocycles. The summed E-state index contributed by atoms with van der Waals surface area (Å²) in [5, 5.41) is 17.3. The van der Waals surface area contributed by atoms with E-state index >= 15 is 0 Å². The van der Waals surface area contributed by atoms with Crippen molar-refractivity contribution in [2.24, 2.45) is 5.92 Å². The van der Waals surface area contributed by atoms with Gasteiger partial charge >= 0.3 is 5.97 Å². The molecule has 0 saturated heterocycles. The minimum atomic E-state index is -0.965. The molecule has 0 amide bonds. The lowest BCUT2D eigenvalue weighted by atomic mass is 10.2. The fourth-order valence-corrected chi connectivity index (χ4v) is 1.86. The van der Waals surface area contributed by atoms with Crippen molar-refractivity contribution in [2.45, 2.75) is 33.9 Å². The molecular weight excluding hydrogens is 246 g/mol. The third-order valence-corrected chi connectivity index (χ3v) is 2.71. The molecule has 19 heavy (non-hydrogen) atoms. The molecule has 0 aromatic carbocycles. The number of hydrogen-bond acceptors (Lipinski definition) is 4. The van der Waals surface area contributed by atoms with Crippen molar-refractivity contribution in [3.63, 3.8) is 0 Å². The van der Waals surface area contributed by atoms with Gasteiger partial charge in [-0.15, -0.1) is 0 Å². The van der Waals surface area contributed by atoms with Crippen LogP contribution in [-0.4, -0.2) is 35.6 Å². The molecule has 1 N–H and O–H groups in total. The first kappa shape index (κ1) is 13.3. The quantitative estimate of drug-likeness (QED) is 0.875.